The van der Waals surface area contributed by atoms with Gasteiger partial charge < -0.3 is 4.90 Å². The molecule has 2 aromatic carbocycles. The number of non-ortho nitro benzene ring substituents is 1. The second-order valence-electron chi connectivity index (χ2n) is 5.70. The van der Waals surface area contributed by atoms with Crippen molar-refractivity contribution in [3.8, 4) is 0 Å². The molecule has 0 unspecified atom stereocenters. The van der Waals surface area contributed by atoms with Crippen molar-refractivity contribution in [2.45, 2.75) is 32.9 Å². The van der Waals surface area contributed by atoms with E-state index in [4.69, 9.17) is 0 Å². The van der Waals surface area contributed by atoms with Crippen LogP contribution in [0.1, 0.15) is 25.0 Å². The number of rotatable bonds is 6. The smallest absolute Gasteiger partial charge is 0.269 e. The molecule has 0 aliphatic rings. The zero-order valence-corrected chi connectivity index (χ0v) is 13.3. The van der Waals surface area contributed by atoms with Crippen LogP contribution in [0.3, 0.4) is 0 Å². The van der Waals surface area contributed by atoms with Crippen molar-refractivity contribution < 1.29 is 9.72 Å². The van der Waals surface area contributed by atoms with Crippen molar-refractivity contribution in [1.82, 2.24) is 4.90 Å². The maximum Gasteiger partial charge on any atom is 0.269 e. The van der Waals surface area contributed by atoms with E-state index in [9.17, 15) is 14.9 Å². The van der Waals surface area contributed by atoms with Crippen LogP contribution in [-0.2, 0) is 17.8 Å². The van der Waals surface area contributed by atoms with Gasteiger partial charge in [-0.25, -0.2) is 0 Å². The predicted octanol–water partition coefficient (Wildman–Crippen LogP) is 3.57. The number of hydrogen-bond donors (Lipinski definition) is 0. The SMILES string of the molecule is CC(C)N(Cc1ccccc1)C(=O)Cc1ccc([N+](=O)[O-])cc1. The van der Waals surface area contributed by atoms with Gasteiger partial charge in [0.15, 0.2) is 0 Å². The van der Waals surface area contributed by atoms with Crippen molar-refractivity contribution in [3.63, 3.8) is 0 Å². The number of hydrogen-bond acceptors (Lipinski definition) is 3. The molecular weight excluding hydrogens is 292 g/mol. The first-order valence-corrected chi connectivity index (χ1v) is 7.54. The van der Waals surface area contributed by atoms with Crippen LogP contribution in [0.15, 0.2) is 54.6 Å². The van der Waals surface area contributed by atoms with E-state index in [2.05, 4.69) is 0 Å². The maximum atomic E-state index is 12.6. The van der Waals surface area contributed by atoms with E-state index in [0.717, 1.165) is 11.1 Å². The Kier molecular flexibility index (Phi) is 5.46. The summed E-state index contributed by atoms with van der Waals surface area (Å²) in [7, 11) is 0. The summed E-state index contributed by atoms with van der Waals surface area (Å²) >= 11 is 0. The lowest BCUT2D eigenvalue weighted by Crippen LogP contribution is -2.37. The Morgan fingerprint density at radius 1 is 1.04 bits per heavy atom. The lowest BCUT2D eigenvalue weighted by atomic mass is 10.1. The molecule has 5 nitrogen and oxygen atoms in total. The van der Waals surface area contributed by atoms with E-state index < -0.39 is 4.92 Å². The summed E-state index contributed by atoms with van der Waals surface area (Å²) in [5.41, 5.74) is 1.89. The molecule has 1 amide bonds. The van der Waals surface area contributed by atoms with E-state index >= 15 is 0 Å². The number of benzene rings is 2. The first kappa shape index (κ1) is 16.7. The zero-order chi connectivity index (χ0) is 16.8. The number of carbonyl (C=O) groups is 1. The molecule has 2 aromatic rings. The third-order valence-electron chi connectivity index (χ3n) is 3.64. The molecule has 0 aliphatic carbocycles. The molecule has 0 N–H and O–H groups in total. The van der Waals surface area contributed by atoms with Gasteiger partial charge in [0.1, 0.15) is 0 Å². The minimum Gasteiger partial charge on any atom is -0.336 e. The molecule has 0 fully saturated rings. The van der Waals surface area contributed by atoms with Crippen molar-refractivity contribution in [1.29, 1.82) is 0 Å². The highest BCUT2D eigenvalue weighted by Crippen LogP contribution is 2.15. The van der Waals surface area contributed by atoms with Crippen molar-refractivity contribution in [2.75, 3.05) is 0 Å². The molecule has 0 radical (unpaired) electrons. The minimum atomic E-state index is -0.443. The number of carbonyl (C=O) groups excluding carboxylic acids is 1. The summed E-state index contributed by atoms with van der Waals surface area (Å²) in [6.07, 6.45) is 0.239. The van der Waals surface area contributed by atoms with Gasteiger partial charge >= 0.3 is 0 Å². The fourth-order valence-electron chi connectivity index (χ4n) is 2.35. The molecular formula is C18H20N2O3. The predicted molar refractivity (Wildman–Crippen MR) is 88.9 cm³/mol. The summed E-state index contributed by atoms with van der Waals surface area (Å²) in [6.45, 7) is 4.53. The van der Waals surface area contributed by atoms with E-state index in [1.54, 1.807) is 12.1 Å². The summed E-state index contributed by atoms with van der Waals surface area (Å²) < 4.78 is 0. The first-order chi connectivity index (χ1) is 11.0. The van der Waals surface area contributed by atoms with Gasteiger partial charge in [0.05, 0.1) is 11.3 Å². The Bertz CT molecular complexity index is 666. The molecule has 23 heavy (non-hydrogen) atoms. The highest BCUT2D eigenvalue weighted by atomic mass is 16.6. The summed E-state index contributed by atoms with van der Waals surface area (Å²) in [5, 5.41) is 10.7. The Labute approximate surface area is 135 Å². The lowest BCUT2D eigenvalue weighted by Gasteiger charge is -2.27. The molecule has 0 saturated carbocycles. The van der Waals surface area contributed by atoms with Crippen LogP contribution in [0.4, 0.5) is 5.69 Å². The van der Waals surface area contributed by atoms with Crippen LogP contribution in [0.2, 0.25) is 0 Å². The van der Waals surface area contributed by atoms with Gasteiger partial charge in [-0.1, -0.05) is 42.5 Å². The number of nitro groups is 1. The van der Waals surface area contributed by atoms with E-state index in [1.807, 2.05) is 49.1 Å². The minimum absolute atomic E-state index is 0.0118. The quantitative estimate of drug-likeness (QED) is 0.605. The van der Waals surface area contributed by atoms with Crippen LogP contribution in [-0.4, -0.2) is 21.8 Å². The fraction of sp³-hybridized carbons (Fsp3) is 0.278. The van der Waals surface area contributed by atoms with Gasteiger partial charge in [0, 0.05) is 24.7 Å². The van der Waals surface area contributed by atoms with E-state index in [0.29, 0.717) is 6.54 Å². The van der Waals surface area contributed by atoms with E-state index in [1.165, 1.54) is 12.1 Å². The second-order valence-corrected chi connectivity index (χ2v) is 5.70. The van der Waals surface area contributed by atoms with Crippen molar-refractivity contribution in [3.05, 3.63) is 75.8 Å². The Hall–Kier alpha value is -2.69. The largest absolute Gasteiger partial charge is 0.336 e. The molecule has 0 aliphatic heterocycles. The Balaban J connectivity index is 2.07. The topological polar surface area (TPSA) is 63.5 Å². The maximum absolute atomic E-state index is 12.6. The molecule has 0 bridgehead atoms. The highest BCUT2D eigenvalue weighted by Gasteiger charge is 2.18. The number of nitrogens with zero attached hydrogens (tertiary/aromatic N) is 2. The van der Waals surface area contributed by atoms with Crippen molar-refractivity contribution >= 4 is 11.6 Å². The van der Waals surface area contributed by atoms with Crippen molar-refractivity contribution in [2.24, 2.45) is 0 Å². The van der Waals surface area contributed by atoms with E-state index in [-0.39, 0.29) is 24.1 Å². The first-order valence-electron chi connectivity index (χ1n) is 7.54. The second kappa shape index (κ2) is 7.54. The standard InChI is InChI=1S/C18H20N2O3/c1-14(2)19(13-16-6-4-3-5-7-16)18(21)12-15-8-10-17(11-9-15)20(22)23/h3-11,14H,12-13H2,1-2H3. The third-order valence-corrected chi connectivity index (χ3v) is 3.64. The molecule has 120 valence electrons. The number of amides is 1. The molecule has 0 saturated heterocycles. The molecule has 5 heteroatoms. The average molecular weight is 312 g/mol. The van der Waals surface area contributed by atoms with Crippen LogP contribution < -0.4 is 0 Å². The third kappa shape index (κ3) is 4.64. The average Bonchev–Trinajstić information content (AvgIpc) is 2.53. The zero-order valence-electron chi connectivity index (χ0n) is 13.3. The summed E-state index contributed by atoms with van der Waals surface area (Å²) in [4.78, 5) is 24.6. The Morgan fingerprint density at radius 2 is 1.65 bits per heavy atom. The van der Waals surface area contributed by atoms with Crippen LogP contribution in [0, 0.1) is 10.1 Å². The fourth-order valence-corrected chi connectivity index (χ4v) is 2.35. The molecule has 0 heterocycles. The Morgan fingerprint density at radius 3 is 2.17 bits per heavy atom. The summed E-state index contributed by atoms with van der Waals surface area (Å²) in [6, 6.07) is 16.1. The van der Waals surface area contributed by atoms with Gasteiger partial charge in [-0.2, -0.15) is 0 Å². The van der Waals surface area contributed by atoms with Gasteiger partial charge in [0.25, 0.3) is 5.69 Å². The van der Waals surface area contributed by atoms with Crippen LogP contribution in [0.25, 0.3) is 0 Å². The van der Waals surface area contributed by atoms with Gasteiger partial charge in [-0.15, -0.1) is 0 Å². The van der Waals surface area contributed by atoms with Gasteiger partial charge in [-0.05, 0) is 25.0 Å². The summed E-state index contributed by atoms with van der Waals surface area (Å²) in [5.74, 6) is 0.0118. The van der Waals surface area contributed by atoms with Gasteiger partial charge in [-0.3, -0.25) is 14.9 Å². The van der Waals surface area contributed by atoms with Crippen LogP contribution in [0.5, 0.6) is 0 Å². The van der Waals surface area contributed by atoms with Gasteiger partial charge in [0.2, 0.25) is 5.91 Å². The lowest BCUT2D eigenvalue weighted by molar-refractivity contribution is -0.384. The molecule has 0 aromatic heterocycles. The monoisotopic (exact) mass is 312 g/mol. The van der Waals surface area contributed by atoms with Crippen LogP contribution >= 0.6 is 0 Å². The highest BCUT2D eigenvalue weighted by molar-refractivity contribution is 5.79. The molecule has 2 rings (SSSR count). The molecule has 0 spiro atoms. The normalized spacial score (nSPS) is 10.6. The molecule has 0 atom stereocenters. The number of nitro benzene ring substituents is 1.